The molecular formula is C10H16N2O2S3. The Kier molecular flexibility index (Phi) is 5.05. The summed E-state index contributed by atoms with van der Waals surface area (Å²) < 4.78 is 26.4. The molecule has 96 valence electrons. The molecule has 0 spiro atoms. The molecule has 0 saturated heterocycles. The van der Waals surface area contributed by atoms with Gasteiger partial charge in [0.15, 0.2) is 0 Å². The second-order valence-electron chi connectivity index (χ2n) is 3.86. The van der Waals surface area contributed by atoms with Crippen LogP contribution in [-0.2, 0) is 10.0 Å². The zero-order valence-electron chi connectivity index (χ0n) is 9.79. The van der Waals surface area contributed by atoms with Gasteiger partial charge in [0, 0.05) is 19.0 Å². The standard InChI is InChI=1S/C10H16N2O2S3/c1-8(2)12(6-5-9(11)15)17(13,14)10-4-3-7-16-10/h3-4,7-8H,5-6H2,1-2H3,(H2,11,15). The maximum atomic E-state index is 12.3. The first-order valence-corrected chi connectivity index (χ1v) is 7.92. The predicted molar refractivity (Wildman–Crippen MR) is 74.7 cm³/mol. The van der Waals surface area contributed by atoms with Crippen LogP contribution in [0.2, 0.25) is 0 Å². The first-order chi connectivity index (χ1) is 7.85. The van der Waals surface area contributed by atoms with Crippen LogP contribution in [0.25, 0.3) is 0 Å². The number of thiophene rings is 1. The van der Waals surface area contributed by atoms with Crippen LogP contribution in [0.15, 0.2) is 21.7 Å². The molecule has 0 amide bonds. The van der Waals surface area contributed by atoms with Crippen molar-refractivity contribution in [1.82, 2.24) is 4.31 Å². The molecule has 1 heterocycles. The van der Waals surface area contributed by atoms with E-state index in [1.807, 2.05) is 13.8 Å². The second-order valence-corrected chi connectivity index (χ2v) is 7.45. The number of sulfonamides is 1. The Morgan fingerprint density at radius 1 is 1.59 bits per heavy atom. The van der Waals surface area contributed by atoms with E-state index in [2.05, 4.69) is 0 Å². The zero-order chi connectivity index (χ0) is 13.1. The highest BCUT2D eigenvalue weighted by Crippen LogP contribution is 2.22. The second kappa shape index (κ2) is 5.90. The van der Waals surface area contributed by atoms with Crippen molar-refractivity contribution in [2.24, 2.45) is 5.73 Å². The average molecular weight is 292 g/mol. The Bertz CT molecular complexity index is 466. The molecule has 2 N–H and O–H groups in total. The quantitative estimate of drug-likeness (QED) is 0.812. The lowest BCUT2D eigenvalue weighted by molar-refractivity contribution is 0.363. The third kappa shape index (κ3) is 3.74. The van der Waals surface area contributed by atoms with Crippen LogP contribution in [0, 0.1) is 0 Å². The van der Waals surface area contributed by atoms with Gasteiger partial charge in [0.1, 0.15) is 4.21 Å². The summed E-state index contributed by atoms with van der Waals surface area (Å²) in [4.78, 5) is 0.331. The van der Waals surface area contributed by atoms with Crippen molar-refractivity contribution in [3.63, 3.8) is 0 Å². The van der Waals surface area contributed by atoms with Gasteiger partial charge in [-0.15, -0.1) is 11.3 Å². The molecular weight excluding hydrogens is 276 g/mol. The van der Waals surface area contributed by atoms with Gasteiger partial charge >= 0.3 is 0 Å². The van der Waals surface area contributed by atoms with Crippen LogP contribution >= 0.6 is 23.6 Å². The van der Waals surface area contributed by atoms with Gasteiger partial charge in [0.25, 0.3) is 10.0 Å². The smallest absolute Gasteiger partial charge is 0.252 e. The lowest BCUT2D eigenvalue weighted by Gasteiger charge is -2.24. The largest absolute Gasteiger partial charge is 0.393 e. The minimum Gasteiger partial charge on any atom is -0.393 e. The highest BCUT2D eigenvalue weighted by Gasteiger charge is 2.27. The summed E-state index contributed by atoms with van der Waals surface area (Å²) in [5, 5.41) is 1.75. The van der Waals surface area contributed by atoms with Crippen LogP contribution in [0.5, 0.6) is 0 Å². The molecule has 0 fully saturated rings. The maximum absolute atomic E-state index is 12.3. The third-order valence-corrected chi connectivity index (χ3v) is 5.87. The highest BCUT2D eigenvalue weighted by atomic mass is 32.2. The van der Waals surface area contributed by atoms with E-state index in [0.29, 0.717) is 22.2 Å². The van der Waals surface area contributed by atoms with Crippen molar-refractivity contribution < 1.29 is 8.42 Å². The molecule has 0 bridgehead atoms. The van der Waals surface area contributed by atoms with E-state index in [1.54, 1.807) is 17.5 Å². The van der Waals surface area contributed by atoms with Crippen molar-refractivity contribution in [3.05, 3.63) is 17.5 Å². The first kappa shape index (κ1) is 14.6. The van der Waals surface area contributed by atoms with Gasteiger partial charge in [0.2, 0.25) is 0 Å². The number of nitrogens with zero attached hydrogens (tertiary/aromatic N) is 1. The topological polar surface area (TPSA) is 63.4 Å². The summed E-state index contributed by atoms with van der Waals surface area (Å²) >= 11 is 6.00. The van der Waals surface area contributed by atoms with Gasteiger partial charge in [-0.25, -0.2) is 8.42 Å². The Morgan fingerprint density at radius 2 is 2.24 bits per heavy atom. The van der Waals surface area contributed by atoms with Crippen LogP contribution < -0.4 is 5.73 Å². The monoisotopic (exact) mass is 292 g/mol. The summed E-state index contributed by atoms with van der Waals surface area (Å²) in [7, 11) is -3.42. The van der Waals surface area contributed by atoms with Gasteiger partial charge in [0.05, 0.1) is 4.99 Å². The Hall–Kier alpha value is -0.500. The summed E-state index contributed by atoms with van der Waals surface area (Å²) in [5.74, 6) is 0. The number of hydrogen-bond donors (Lipinski definition) is 1. The maximum Gasteiger partial charge on any atom is 0.252 e. The molecule has 0 radical (unpaired) electrons. The molecule has 7 heteroatoms. The summed E-state index contributed by atoms with van der Waals surface area (Å²) in [6, 6.07) is 3.22. The first-order valence-electron chi connectivity index (χ1n) is 5.19. The predicted octanol–water partition coefficient (Wildman–Crippen LogP) is 1.82. The lowest BCUT2D eigenvalue weighted by atomic mass is 10.3. The number of nitrogens with two attached hydrogens (primary N) is 1. The Labute approximate surface area is 111 Å². The van der Waals surface area contributed by atoms with Gasteiger partial charge < -0.3 is 5.73 Å². The Morgan fingerprint density at radius 3 is 2.65 bits per heavy atom. The molecule has 0 atom stereocenters. The molecule has 17 heavy (non-hydrogen) atoms. The third-order valence-electron chi connectivity index (χ3n) is 2.21. The number of rotatable bonds is 6. The summed E-state index contributed by atoms with van der Waals surface area (Å²) in [6.45, 7) is 4.00. The van der Waals surface area contributed by atoms with E-state index in [0.717, 1.165) is 0 Å². The van der Waals surface area contributed by atoms with Crippen LogP contribution in [-0.4, -0.2) is 30.3 Å². The van der Waals surface area contributed by atoms with Crippen LogP contribution in [0.1, 0.15) is 20.3 Å². The fraction of sp³-hybridized carbons (Fsp3) is 0.500. The van der Waals surface area contributed by atoms with Crippen molar-refractivity contribution in [2.75, 3.05) is 6.54 Å². The fourth-order valence-electron chi connectivity index (χ4n) is 1.40. The molecule has 0 saturated carbocycles. The van der Waals surface area contributed by atoms with E-state index in [1.165, 1.54) is 15.6 Å². The van der Waals surface area contributed by atoms with E-state index >= 15 is 0 Å². The molecule has 0 unspecified atom stereocenters. The number of thiocarbonyl (C=S) groups is 1. The van der Waals surface area contributed by atoms with E-state index < -0.39 is 10.0 Å². The van der Waals surface area contributed by atoms with Gasteiger partial charge in [-0.2, -0.15) is 4.31 Å². The molecule has 1 aromatic rings. The normalized spacial score (nSPS) is 12.2. The molecule has 0 aliphatic rings. The lowest BCUT2D eigenvalue weighted by Crippen LogP contribution is -2.38. The fourth-order valence-corrected chi connectivity index (χ4v) is 4.25. The van der Waals surface area contributed by atoms with Gasteiger partial charge in [-0.1, -0.05) is 18.3 Å². The van der Waals surface area contributed by atoms with Gasteiger partial charge in [-0.3, -0.25) is 0 Å². The molecule has 0 aliphatic heterocycles. The van der Waals surface area contributed by atoms with E-state index in [-0.39, 0.29) is 6.04 Å². The van der Waals surface area contributed by atoms with E-state index in [9.17, 15) is 8.42 Å². The summed E-state index contributed by atoms with van der Waals surface area (Å²) in [5.41, 5.74) is 5.42. The van der Waals surface area contributed by atoms with Crippen molar-refractivity contribution in [1.29, 1.82) is 0 Å². The van der Waals surface area contributed by atoms with Crippen LogP contribution in [0.3, 0.4) is 0 Å². The summed E-state index contributed by atoms with van der Waals surface area (Å²) in [6.07, 6.45) is 0.401. The van der Waals surface area contributed by atoms with Crippen molar-refractivity contribution in [2.45, 2.75) is 30.5 Å². The molecule has 1 aromatic heterocycles. The average Bonchev–Trinajstić information content (AvgIpc) is 2.69. The van der Waals surface area contributed by atoms with Crippen molar-refractivity contribution >= 4 is 38.6 Å². The molecule has 1 rings (SSSR count). The van der Waals surface area contributed by atoms with Crippen molar-refractivity contribution in [3.8, 4) is 0 Å². The number of hydrogen-bond acceptors (Lipinski definition) is 4. The van der Waals surface area contributed by atoms with Crippen LogP contribution in [0.4, 0.5) is 0 Å². The van der Waals surface area contributed by atoms with Gasteiger partial charge in [-0.05, 0) is 25.3 Å². The molecule has 0 aliphatic carbocycles. The SMILES string of the molecule is CC(C)N(CCC(N)=S)S(=O)(=O)c1cccs1. The van der Waals surface area contributed by atoms with E-state index in [4.69, 9.17) is 18.0 Å². The minimum absolute atomic E-state index is 0.114. The minimum atomic E-state index is -3.42. The highest BCUT2D eigenvalue weighted by molar-refractivity contribution is 7.91. The zero-order valence-corrected chi connectivity index (χ0v) is 12.2. The molecule has 0 aromatic carbocycles. The molecule has 4 nitrogen and oxygen atoms in total. The Balaban J connectivity index is 2.95.